The molecule has 0 amide bonds. The van der Waals surface area contributed by atoms with Crippen LogP contribution in [0.4, 0.5) is 0 Å². The Hall–Kier alpha value is -1.06. The van der Waals surface area contributed by atoms with Crippen LogP contribution in [0.2, 0.25) is 0 Å². The highest BCUT2D eigenvalue weighted by Gasteiger charge is 2.27. The van der Waals surface area contributed by atoms with E-state index in [1.165, 1.54) is 23.1 Å². The molecule has 1 N–H and O–H groups in total. The molecule has 0 aliphatic carbocycles. The molecule has 3 nitrogen and oxygen atoms in total. The largest absolute Gasteiger partial charge is 0.496 e. The Balaban J connectivity index is 2.08. The van der Waals surface area contributed by atoms with E-state index in [1.807, 2.05) is 0 Å². The lowest BCUT2D eigenvalue weighted by Gasteiger charge is -2.17. The number of rotatable bonds is 2. The summed E-state index contributed by atoms with van der Waals surface area (Å²) >= 11 is 0. The molecule has 1 fully saturated rings. The van der Waals surface area contributed by atoms with Crippen LogP contribution < -0.4 is 10.1 Å². The quantitative estimate of drug-likeness (QED) is 0.822. The molecule has 1 unspecified atom stereocenters. The van der Waals surface area contributed by atoms with Crippen molar-refractivity contribution in [2.75, 3.05) is 20.2 Å². The van der Waals surface area contributed by atoms with Crippen molar-refractivity contribution in [2.45, 2.75) is 25.6 Å². The van der Waals surface area contributed by atoms with Crippen LogP contribution in [0.5, 0.6) is 5.75 Å². The first-order valence-electron chi connectivity index (χ1n) is 5.87. The molecular weight excluding hydrogens is 202 g/mol. The molecule has 2 aliphatic rings. The Morgan fingerprint density at radius 2 is 2.31 bits per heavy atom. The summed E-state index contributed by atoms with van der Waals surface area (Å²) in [5.74, 6) is 1.62. The van der Waals surface area contributed by atoms with E-state index in [-0.39, 0.29) is 0 Å². The van der Waals surface area contributed by atoms with Gasteiger partial charge in [0.05, 0.1) is 20.3 Å². The van der Waals surface area contributed by atoms with Gasteiger partial charge in [-0.15, -0.1) is 0 Å². The first-order valence-corrected chi connectivity index (χ1v) is 5.87. The molecule has 16 heavy (non-hydrogen) atoms. The van der Waals surface area contributed by atoms with Gasteiger partial charge in [-0.05, 0) is 30.2 Å². The van der Waals surface area contributed by atoms with E-state index < -0.39 is 0 Å². The molecule has 0 bridgehead atoms. The van der Waals surface area contributed by atoms with Crippen LogP contribution in [0.15, 0.2) is 12.1 Å². The zero-order valence-corrected chi connectivity index (χ0v) is 9.58. The lowest BCUT2D eigenvalue weighted by molar-refractivity contribution is 0.134. The minimum absolute atomic E-state index is 0.589. The fourth-order valence-electron chi connectivity index (χ4n) is 2.78. The maximum atomic E-state index is 5.54. The molecule has 2 aliphatic heterocycles. The summed E-state index contributed by atoms with van der Waals surface area (Å²) in [5, 5.41) is 3.42. The summed E-state index contributed by atoms with van der Waals surface area (Å²) in [6, 6.07) is 4.22. The van der Waals surface area contributed by atoms with Crippen LogP contribution in [-0.4, -0.2) is 20.2 Å². The number of hydrogen-bond acceptors (Lipinski definition) is 3. The van der Waals surface area contributed by atoms with Gasteiger partial charge in [0.25, 0.3) is 0 Å². The molecule has 1 atom stereocenters. The highest BCUT2D eigenvalue weighted by Crippen LogP contribution is 2.38. The zero-order valence-electron chi connectivity index (χ0n) is 9.58. The van der Waals surface area contributed by atoms with Gasteiger partial charge in [0, 0.05) is 18.0 Å². The number of nitrogens with one attached hydrogen (secondary N) is 1. The minimum atomic E-state index is 0.589. The predicted octanol–water partition coefficient (Wildman–Crippen LogP) is 1.80. The van der Waals surface area contributed by atoms with E-state index in [1.54, 1.807) is 7.11 Å². The summed E-state index contributed by atoms with van der Waals surface area (Å²) in [6.45, 7) is 3.68. The van der Waals surface area contributed by atoms with Crippen molar-refractivity contribution in [3.63, 3.8) is 0 Å². The second-order valence-corrected chi connectivity index (χ2v) is 4.50. The zero-order chi connectivity index (χ0) is 11.0. The van der Waals surface area contributed by atoms with Gasteiger partial charge in [-0.3, -0.25) is 0 Å². The van der Waals surface area contributed by atoms with Crippen molar-refractivity contribution in [2.24, 2.45) is 0 Å². The average Bonchev–Trinajstić information content (AvgIpc) is 2.98. The maximum Gasteiger partial charge on any atom is 0.122 e. The van der Waals surface area contributed by atoms with Gasteiger partial charge in [-0.25, -0.2) is 0 Å². The smallest absolute Gasteiger partial charge is 0.122 e. The number of hydrogen-bond donors (Lipinski definition) is 1. The molecule has 0 radical (unpaired) electrons. The van der Waals surface area contributed by atoms with Gasteiger partial charge >= 0.3 is 0 Å². The molecule has 1 aromatic rings. The van der Waals surface area contributed by atoms with Gasteiger partial charge in [-0.2, -0.15) is 0 Å². The molecule has 3 heteroatoms. The van der Waals surface area contributed by atoms with Gasteiger partial charge in [0.15, 0.2) is 0 Å². The first kappa shape index (κ1) is 10.1. The van der Waals surface area contributed by atoms with Crippen LogP contribution in [0.1, 0.15) is 29.0 Å². The lowest BCUT2D eigenvalue weighted by atomic mass is 9.90. The van der Waals surface area contributed by atoms with E-state index in [0.717, 1.165) is 32.1 Å². The Labute approximate surface area is 95.8 Å². The van der Waals surface area contributed by atoms with Crippen molar-refractivity contribution in [1.29, 1.82) is 0 Å². The van der Waals surface area contributed by atoms with Crippen LogP contribution in [0, 0.1) is 0 Å². The predicted molar refractivity (Wildman–Crippen MR) is 61.7 cm³/mol. The molecule has 86 valence electrons. The number of benzene rings is 1. The van der Waals surface area contributed by atoms with Crippen LogP contribution in [-0.2, 0) is 18.0 Å². The molecule has 1 aromatic carbocycles. The summed E-state index contributed by atoms with van der Waals surface area (Å²) < 4.78 is 11.0. The van der Waals surface area contributed by atoms with Gasteiger partial charge in [0.2, 0.25) is 0 Å². The van der Waals surface area contributed by atoms with Gasteiger partial charge < -0.3 is 14.8 Å². The summed E-state index contributed by atoms with van der Waals surface area (Å²) in [7, 11) is 1.75. The van der Waals surface area contributed by atoms with E-state index in [9.17, 15) is 0 Å². The van der Waals surface area contributed by atoms with Crippen molar-refractivity contribution in [3.05, 3.63) is 28.8 Å². The highest BCUT2D eigenvalue weighted by molar-refractivity contribution is 5.48. The fraction of sp³-hybridized carbons (Fsp3) is 0.538. The van der Waals surface area contributed by atoms with Crippen LogP contribution in [0.3, 0.4) is 0 Å². The standard InChI is InChI=1S/C13H17NO2/c1-15-12-3-2-10-7-16-8-11(10)13(12)9-4-5-14-6-9/h2-3,9,14H,4-8H2,1H3. The van der Waals surface area contributed by atoms with Crippen molar-refractivity contribution < 1.29 is 9.47 Å². The summed E-state index contributed by atoms with van der Waals surface area (Å²) in [6.07, 6.45) is 1.20. The van der Waals surface area contributed by atoms with E-state index >= 15 is 0 Å². The van der Waals surface area contributed by atoms with Crippen molar-refractivity contribution >= 4 is 0 Å². The van der Waals surface area contributed by atoms with E-state index in [2.05, 4.69) is 17.4 Å². The lowest BCUT2D eigenvalue weighted by Crippen LogP contribution is -2.10. The molecule has 1 saturated heterocycles. The van der Waals surface area contributed by atoms with E-state index in [4.69, 9.17) is 9.47 Å². The SMILES string of the molecule is COc1ccc2c(c1C1CCNC1)COC2. The molecule has 0 spiro atoms. The molecular formula is C13H17NO2. The summed E-state index contributed by atoms with van der Waals surface area (Å²) in [4.78, 5) is 0. The Morgan fingerprint density at radius 3 is 3.06 bits per heavy atom. The van der Waals surface area contributed by atoms with Crippen molar-refractivity contribution in [3.8, 4) is 5.75 Å². The monoisotopic (exact) mass is 219 g/mol. The minimum Gasteiger partial charge on any atom is -0.496 e. The first-order chi connectivity index (χ1) is 7.90. The Bertz CT molecular complexity index is 397. The second-order valence-electron chi connectivity index (χ2n) is 4.50. The fourth-order valence-corrected chi connectivity index (χ4v) is 2.78. The third-order valence-corrected chi connectivity index (χ3v) is 3.61. The second kappa shape index (κ2) is 4.07. The Morgan fingerprint density at radius 1 is 1.38 bits per heavy atom. The van der Waals surface area contributed by atoms with Gasteiger partial charge in [0.1, 0.15) is 5.75 Å². The third kappa shape index (κ3) is 1.51. The van der Waals surface area contributed by atoms with Gasteiger partial charge in [-0.1, -0.05) is 6.07 Å². The number of fused-ring (bicyclic) bond motifs is 1. The summed E-state index contributed by atoms with van der Waals surface area (Å²) in [5.41, 5.74) is 4.08. The van der Waals surface area contributed by atoms with Crippen LogP contribution in [0.25, 0.3) is 0 Å². The topological polar surface area (TPSA) is 30.5 Å². The third-order valence-electron chi connectivity index (χ3n) is 3.61. The molecule has 0 saturated carbocycles. The number of methoxy groups -OCH3 is 1. The Kier molecular flexibility index (Phi) is 2.58. The molecule has 3 rings (SSSR count). The maximum absolute atomic E-state index is 5.54. The van der Waals surface area contributed by atoms with Crippen LogP contribution >= 0.6 is 0 Å². The molecule has 2 heterocycles. The van der Waals surface area contributed by atoms with Crippen molar-refractivity contribution in [1.82, 2.24) is 5.32 Å². The molecule has 0 aromatic heterocycles. The van der Waals surface area contributed by atoms with E-state index in [0.29, 0.717) is 5.92 Å². The number of ether oxygens (including phenoxy) is 2. The normalized spacial score (nSPS) is 23.4. The average molecular weight is 219 g/mol. The highest BCUT2D eigenvalue weighted by atomic mass is 16.5.